The van der Waals surface area contributed by atoms with Gasteiger partial charge in [0.05, 0.1) is 16.8 Å². The number of ketones is 1. The summed E-state index contributed by atoms with van der Waals surface area (Å²) in [6.07, 6.45) is -0.447. The summed E-state index contributed by atoms with van der Waals surface area (Å²) in [5, 5.41) is 0.699. The van der Waals surface area contributed by atoms with Crippen LogP contribution in [0.25, 0.3) is 22.2 Å². The summed E-state index contributed by atoms with van der Waals surface area (Å²) in [7, 11) is 0. The molecule has 3 aromatic carbocycles. The molecule has 1 atom stereocenters. The van der Waals surface area contributed by atoms with E-state index in [1.54, 1.807) is 30.3 Å². The summed E-state index contributed by atoms with van der Waals surface area (Å²) in [5.74, 6) is -0.725. The number of pyridine rings is 1. The Kier molecular flexibility index (Phi) is 5.89. The van der Waals surface area contributed by atoms with Gasteiger partial charge in [-0.1, -0.05) is 85.3 Å². The molecule has 0 saturated heterocycles. The first kappa shape index (κ1) is 20.5. The van der Waals surface area contributed by atoms with Crippen molar-refractivity contribution >= 4 is 22.7 Å². The first-order valence-electron chi connectivity index (χ1n) is 10.3. The molecule has 4 nitrogen and oxygen atoms in total. The van der Waals surface area contributed by atoms with Gasteiger partial charge in [0.25, 0.3) is 0 Å². The van der Waals surface area contributed by atoms with E-state index in [4.69, 9.17) is 9.72 Å². The van der Waals surface area contributed by atoms with Crippen LogP contribution >= 0.6 is 0 Å². The second kappa shape index (κ2) is 8.92. The highest BCUT2D eigenvalue weighted by Crippen LogP contribution is 2.26. The number of aromatic nitrogens is 1. The summed E-state index contributed by atoms with van der Waals surface area (Å²) in [4.78, 5) is 30.8. The number of carbonyl (C=O) groups is 2. The summed E-state index contributed by atoms with van der Waals surface area (Å²) >= 11 is 0. The van der Waals surface area contributed by atoms with Gasteiger partial charge in [-0.25, -0.2) is 9.78 Å². The Labute approximate surface area is 181 Å². The number of hydrogen-bond donors (Lipinski definition) is 0. The van der Waals surface area contributed by atoms with Crippen molar-refractivity contribution in [1.82, 2.24) is 4.98 Å². The van der Waals surface area contributed by atoms with Gasteiger partial charge in [0.2, 0.25) is 5.78 Å². The van der Waals surface area contributed by atoms with Crippen LogP contribution in [0.15, 0.2) is 84.9 Å². The molecule has 0 bridgehead atoms. The Morgan fingerprint density at radius 3 is 2.29 bits per heavy atom. The van der Waals surface area contributed by atoms with Crippen molar-refractivity contribution in [1.29, 1.82) is 0 Å². The third-order valence-electron chi connectivity index (χ3n) is 5.25. The standard InChI is InChI=1S/C27H23NO3/c1-3-25(26(29)20-9-5-4-6-10-20)31-27(30)22-17-24(19-15-13-18(2)14-16-19)28-23-12-8-7-11-21(22)23/h4-17,25H,3H2,1-2H3/t25-/m0/s1. The number of fused-ring (bicyclic) bond motifs is 1. The summed E-state index contributed by atoms with van der Waals surface area (Å²) in [6, 6.07) is 26.1. The molecule has 0 aliphatic heterocycles. The number of benzene rings is 3. The maximum atomic E-state index is 13.2. The van der Waals surface area contributed by atoms with Crippen molar-refractivity contribution in [2.75, 3.05) is 0 Å². The average Bonchev–Trinajstić information content (AvgIpc) is 2.82. The first-order chi connectivity index (χ1) is 15.1. The van der Waals surface area contributed by atoms with Gasteiger partial charge < -0.3 is 4.74 Å². The largest absolute Gasteiger partial charge is 0.450 e. The van der Waals surface area contributed by atoms with E-state index in [9.17, 15) is 9.59 Å². The average molecular weight is 409 g/mol. The maximum absolute atomic E-state index is 13.2. The van der Waals surface area contributed by atoms with E-state index >= 15 is 0 Å². The van der Waals surface area contributed by atoms with Crippen molar-refractivity contribution < 1.29 is 14.3 Å². The molecule has 0 amide bonds. The lowest BCUT2D eigenvalue weighted by molar-refractivity contribution is 0.0279. The highest BCUT2D eigenvalue weighted by molar-refractivity contribution is 6.06. The zero-order chi connectivity index (χ0) is 21.8. The molecule has 0 N–H and O–H groups in total. The number of hydrogen-bond acceptors (Lipinski definition) is 4. The van der Waals surface area contributed by atoms with Crippen LogP contribution in [0.5, 0.6) is 0 Å². The van der Waals surface area contributed by atoms with Crippen LogP contribution in [-0.2, 0) is 4.74 Å². The van der Waals surface area contributed by atoms with Crippen LogP contribution in [0.3, 0.4) is 0 Å². The van der Waals surface area contributed by atoms with E-state index in [1.807, 2.05) is 68.4 Å². The third-order valence-corrected chi connectivity index (χ3v) is 5.25. The van der Waals surface area contributed by atoms with Crippen molar-refractivity contribution in [3.8, 4) is 11.3 Å². The Morgan fingerprint density at radius 2 is 1.58 bits per heavy atom. The minimum absolute atomic E-state index is 0.200. The quantitative estimate of drug-likeness (QED) is 0.288. The van der Waals surface area contributed by atoms with Gasteiger partial charge in [-0.3, -0.25) is 4.79 Å². The number of esters is 1. The van der Waals surface area contributed by atoms with E-state index in [0.29, 0.717) is 34.1 Å². The highest BCUT2D eigenvalue weighted by atomic mass is 16.5. The van der Waals surface area contributed by atoms with Crippen LogP contribution in [0.4, 0.5) is 0 Å². The van der Waals surface area contributed by atoms with E-state index in [-0.39, 0.29) is 5.78 Å². The highest BCUT2D eigenvalue weighted by Gasteiger charge is 2.24. The molecule has 0 aliphatic rings. The predicted octanol–water partition coefficient (Wildman–Crippen LogP) is 6.03. The monoisotopic (exact) mass is 409 g/mol. The summed E-state index contributed by atoms with van der Waals surface area (Å²) in [5.41, 5.74) is 4.39. The minimum Gasteiger partial charge on any atom is -0.450 e. The lowest BCUT2D eigenvalue weighted by Crippen LogP contribution is -2.27. The smallest absolute Gasteiger partial charge is 0.339 e. The minimum atomic E-state index is -0.843. The maximum Gasteiger partial charge on any atom is 0.339 e. The van der Waals surface area contributed by atoms with Crippen LogP contribution in [0, 0.1) is 6.92 Å². The summed E-state index contributed by atoms with van der Waals surface area (Å²) in [6.45, 7) is 3.86. The number of ether oxygens (including phenoxy) is 1. The number of nitrogens with zero attached hydrogens (tertiary/aromatic N) is 1. The van der Waals surface area contributed by atoms with E-state index in [0.717, 1.165) is 11.1 Å². The molecular weight excluding hydrogens is 386 g/mol. The molecule has 4 rings (SSSR count). The zero-order valence-corrected chi connectivity index (χ0v) is 17.5. The molecule has 1 heterocycles. The van der Waals surface area contributed by atoms with Crippen LogP contribution < -0.4 is 0 Å². The van der Waals surface area contributed by atoms with Crippen molar-refractivity contribution in [3.63, 3.8) is 0 Å². The fourth-order valence-electron chi connectivity index (χ4n) is 3.52. The van der Waals surface area contributed by atoms with Gasteiger partial charge in [-0.2, -0.15) is 0 Å². The molecule has 0 unspecified atom stereocenters. The molecule has 0 fully saturated rings. The molecule has 0 aliphatic carbocycles. The van der Waals surface area contributed by atoms with Gasteiger partial charge in [-0.05, 0) is 25.5 Å². The second-order valence-electron chi connectivity index (χ2n) is 7.47. The number of para-hydroxylation sites is 1. The Hall–Kier alpha value is -3.79. The molecule has 0 radical (unpaired) electrons. The number of carbonyl (C=O) groups excluding carboxylic acids is 2. The lowest BCUT2D eigenvalue weighted by Gasteiger charge is -2.16. The summed E-state index contributed by atoms with van der Waals surface area (Å²) < 4.78 is 5.70. The molecule has 4 aromatic rings. The first-order valence-corrected chi connectivity index (χ1v) is 10.3. The molecule has 154 valence electrons. The Balaban J connectivity index is 1.71. The molecule has 0 saturated carbocycles. The molecular formula is C27H23NO3. The van der Waals surface area contributed by atoms with Gasteiger partial charge in [0.15, 0.2) is 6.10 Å². The number of Topliss-reactive ketones (excluding diaryl/α,β-unsaturated/α-hetero) is 1. The molecule has 0 spiro atoms. The Bertz CT molecular complexity index is 1230. The number of aryl methyl sites for hydroxylation is 1. The molecule has 4 heteroatoms. The molecule has 31 heavy (non-hydrogen) atoms. The fourth-order valence-corrected chi connectivity index (χ4v) is 3.52. The normalized spacial score (nSPS) is 11.8. The second-order valence-corrected chi connectivity index (χ2v) is 7.47. The SMILES string of the molecule is CC[C@H](OC(=O)c1cc(-c2ccc(C)cc2)nc2ccccc12)C(=O)c1ccccc1. The van der Waals surface area contributed by atoms with Gasteiger partial charge >= 0.3 is 5.97 Å². The fraction of sp³-hybridized carbons (Fsp3) is 0.148. The van der Waals surface area contributed by atoms with Crippen LogP contribution in [-0.4, -0.2) is 22.8 Å². The van der Waals surface area contributed by atoms with Gasteiger partial charge in [0.1, 0.15) is 0 Å². The van der Waals surface area contributed by atoms with Gasteiger partial charge in [-0.15, -0.1) is 0 Å². The zero-order valence-electron chi connectivity index (χ0n) is 17.5. The topological polar surface area (TPSA) is 56.3 Å². The van der Waals surface area contributed by atoms with Crippen LogP contribution in [0.1, 0.15) is 39.6 Å². The van der Waals surface area contributed by atoms with Crippen molar-refractivity contribution in [3.05, 3.63) is 102 Å². The van der Waals surface area contributed by atoms with E-state index < -0.39 is 12.1 Å². The van der Waals surface area contributed by atoms with Gasteiger partial charge in [0, 0.05) is 16.5 Å². The third kappa shape index (κ3) is 4.38. The Morgan fingerprint density at radius 1 is 0.903 bits per heavy atom. The number of rotatable bonds is 6. The van der Waals surface area contributed by atoms with Crippen molar-refractivity contribution in [2.24, 2.45) is 0 Å². The van der Waals surface area contributed by atoms with Crippen molar-refractivity contribution in [2.45, 2.75) is 26.4 Å². The lowest BCUT2D eigenvalue weighted by atomic mass is 10.0. The predicted molar refractivity (Wildman–Crippen MR) is 122 cm³/mol. The van der Waals surface area contributed by atoms with Crippen LogP contribution in [0.2, 0.25) is 0 Å². The molecule has 1 aromatic heterocycles. The van der Waals surface area contributed by atoms with E-state index in [1.165, 1.54) is 0 Å². The van der Waals surface area contributed by atoms with E-state index in [2.05, 4.69) is 0 Å².